The number of amides is 1. The predicted octanol–water partition coefficient (Wildman–Crippen LogP) is 3.53. The van der Waals surface area contributed by atoms with Crippen molar-refractivity contribution in [3.8, 4) is 0 Å². The highest BCUT2D eigenvalue weighted by atomic mass is 16.5. The molecule has 1 saturated heterocycles. The van der Waals surface area contributed by atoms with Crippen molar-refractivity contribution in [1.29, 1.82) is 0 Å². The monoisotopic (exact) mass is 383 g/mol. The maximum Gasteiger partial charge on any atom is 0.226 e. The van der Waals surface area contributed by atoms with Crippen LogP contribution in [0.1, 0.15) is 57.9 Å². The Labute approximate surface area is 168 Å². The zero-order valence-electron chi connectivity index (χ0n) is 17.3. The number of nitrogens with zero attached hydrogens (tertiary/aromatic N) is 2. The van der Waals surface area contributed by atoms with Gasteiger partial charge in [-0.1, -0.05) is 19.9 Å². The first kappa shape index (κ1) is 18.4. The summed E-state index contributed by atoms with van der Waals surface area (Å²) in [5.74, 6) is 2.03. The lowest BCUT2D eigenvalue weighted by molar-refractivity contribution is -0.170. The highest BCUT2D eigenvalue weighted by Crippen LogP contribution is 2.69. The first-order chi connectivity index (χ1) is 13.4. The molecule has 1 aromatic heterocycles. The smallest absolute Gasteiger partial charge is 0.226 e. The Bertz CT molecular complexity index is 738. The maximum absolute atomic E-state index is 13.3. The van der Waals surface area contributed by atoms with Gasteiger partial charge in [0.05, 0.1) is 18.6 Å². The first-order valence-electron chi connectivity index (χ1n) is 10.9. The van der Waals surface area contributed by atoms with Gasteiger partial charge in [0.1, 0.15) is 5.82 Å². The number of hydrogen-bond acceptors (Lipinski definition) is 4. The molecule has 28 heavy (non-hydrogen) atoms. The summed E-state index contributed by atoms with van der Waals surface area (Å²) in [6.45, 7) is 8.74. The van der Waals surface area contributed by atoms with Gasteiger partial charge in [0.15, 0.2) is 0 Å². The molecule has 2 unspecified atom stereocenters. The van der Waals surface area contributed by atoms with E-state index in [1.165, 1.54) is 19.3 Å². The molecule has 0 radical (unpaired) electrons. The van der Waals surface area contributed by atoms with Crippen molar-refractivity contribution < 1.29 is 9.53 Å². The van der Waals surface area contributed by atoms with Crippen molar-refractivity contribution in [2.75, 3.05) is 31.2 Å². The fourth-order valence-electron chi connectivity index (χ4n) is 7.57. The molecule has 152 valence electrons. The number of nitrogens with one attached hydrogen (secondary N) is 1. The molecule has 4 bridgehead atoms. The van der Waals surface area contributed by atoms with E-state index in [0.29, 0.717) is 17.4 Å². The van der Waals surface area contributed by atoms with E-state index in [4.69, 9.17) is 4.74 Å². The predicted molar refractivity (Wildman–Crippen MR) is 109 cm³/mol. The number of carbonyl (C=O) groups is 1. The largest absolute Gasteiger partial charge is 0.378 e. The molecule has 5 aliphatic rings. The number of hydrogen-bond donors (Lipinski definition) is 1. The van der Waals surface area contributed by atoms with Gasteiger partial charge in [0, 0.05) is 25.8 Å². The maximum atomic E-state index is 13.3. The molecule has 0 spiro atoms. The summed E-state index contributed by atoms with van der Waals surface area (Å²) in [4.78, 5) is 20.2. The number of ether oxygens (including phenoxy) is 1. The minimum atomic E-state index is -0.135. The Kier molecular flexibility index (Phi) is 4.24. The Morgan fingerprint density at radius 1 is 1.14 bits per heavy atom. The lowest BCUT2D eigenvalue weighted by Gasteiger charge is -2.64. The Balaban J connectivity index is 1.24. The minimum Gasteiger partial charge on any atom is -0.378 e. The van der Waals surface area contributed by atoms with Crippen LogP contribution in [0.4, 0.5) is 5.82 Å². The zero-order valence-corrected chi connectivity index (χ0v) is 17.3. The quantitative estimate of drug-likeness (QED) is 0.864. The number of pyridine rings is 1. The van der Waals surface area contributed by atoms with Gasteiger partial charge in [0.25, 0.3) is 0 Å². The number of rotatable bonds is 4. The summed E-state index contributed by atoms with van der Waals surface area (Å²) in [5.41, 5.74) is 1.68. The second-order valence-corrected chi connectivity index (χ2v) is 10.7. The SMILES string of the molecule is C[C@]12CC3CC(C(=O)NCc4ccc(N5CCOCC5)nc4)(C1)C[C@@](C)(C3)C2. The second-order valence-electron chi connectivity index (χ2n) is 10.7. The van der Waals surface area contributed by atoms with E-state index < -0.39 is 0 Å². The summed E-state index contributed by atoms with van der Waals surface area (Å²) in [7, 11) is 0. The Morgan fingerprint density at radius 2 is 1.86 bits per heavy atom. The van der Waals surface area contributed by atoms with Crippen molar-refractivity contribution in [3.63, 3.8) is 0 Å². The third-order valence-electron chi connectivity index (χ3n) is 7.71. The van der Waals surface area contributed by atoms with E-state index in [2.05, 4.69) is 41.2 Å². The first-order valence-corrected chi connectivity index (χ1v) is 10.9. The van der Waals surface area contributed by atoms with Crippen LogP contribution in [-0.4, -0.2) is 37.2 Å². The highest BCUT2D eigenvalue weighted by molar-refractivity contribution is 5.83. The molecule has 6 rings (SSSR count). The van der Waals surface area contributed by atoms with Crippen molar-refractivity contribution in [2.45, 2.75) is 58.9 Å². The zero-order chi connectivity index (χ0) is 19.4. The lowest BCUT2D eigenvalue weighted by atomic mass is 9.40. The van der Waals surface area contributed by atoms with Gasteiger partial charge < -0.3 is 15.0 Å². The van der Waals surface area contributed by atoms with Crippen LogP contribution in [0.25, 0.3) is 0 Å². The van der Waals surface area contributed by atoms with Crippen LogP contribution in [0.15, 0.2) is 18.3 Å². The number of morpholine rings is 1. The average Bonchev–Trinajstić information content (AvgIpc) is 2.64. The van der Waals surface area contributed by atoms with E-state index in [1.54, 1.807) is 0 Å². The molecular formula is C23H33N3O2. The van der Waals surface area contributed by atoms with Crippen LogP contribution < -0.4 is 10.2 Å². The molecule has 4 saturated carbocycles. The minimum absolute atomic E-state index is 0.135. The third-order valence-corrected chi connectivity index (χ3v) is 7.71. The second kappa shape index (κ2) is 6.45. The molecule has 1 amide bonds. The van der Waals surface area contributed by atoms with E-state index in [1.807, 2.05) is 6.20 Å². The number of aromatic nitrogens is 1. The van der Waals surface area contributed by atoms with Crippen molar-refractivity contribution in [1.82, 2.24) is 10.3 Å². The summed E-state index contributed by atoms with van der Waals surface area (Å²) in [5, 5.41) is 3.28. The van der Waals surface area contributed by atoms with Crippen molar-refractivity contribution >= 4 is 11.7 Å². The highest BCUT2D eigenvalue weighted by Gasteiger charge is 2.62. The van der Waals surface area contributed by atoms with Crippen LogP contribution in [0, 0.1) is 22.2 Å². The molecule has 0 aromatic carbocycles. The van der Waals surface area contributed by atoms with E-state index >= 15 is 0 Å². The Morgan fingerprint density at radius 3 is 2.46 bits per heavy atom. The van der Waals surface area contributed by atoms with E-state index in [9.17, 15) is 4.79 Å². The molecule has 1 aliphatic heterocycles. The summed E-state index contributed by atoms with van der Waals surface area (Å²) < 4.78 is 5.41. The molecule has 1 aromatic rings. The van der Waals surface area contributed by atoms with Gasteiger partial charge in [-0.15, -0.1) is 0 Å². The van der Waals surface area contributed by atoms with Crippen molar-refractivity contribution in [2.24, 2.45) is 22.2 Å². The molecule has 5 heteroatoms. The molecule has 1 N–H and O–H groups in total. The molecule has 5 nitrogen and oxygen atoms in total. The van der Waals surface area contributed by atoms with E-state index in [-0.39, 0.29) is 11.3 Å². The standard InChI is InChI=1S/C23H33N3O2/c1-21-9-18-10-22(2,14-21)16-23(11-18,15-21)20(27)25-13-17-3-4-19(24-12-17)26-5-7-28-8-6-26/h3-4,12,18H,5-11,13-16H2,1-2H3,(H,25,27)/t18?,21-,22+,23?. The summed E-state index contributed by atoms with van der Waals surface area (Å²) in [6.07, 6.45) is 9.11. The van der Waals surface area contributed by atoms with Gasteiger partial charge in [-0.3, -0.25) is 4.79 Å². The molecular weight excluding hydrogens is 350 g/mol. The number of carbonyl (C=O) groups excluding carboxylic acids is 1. The van der Waals surface area contributed by atoms with Crippen LogP contribution >= 0.6 is 0 Å². The average molecular weight is 384 g/mol. The van der Waals surface area contributed by atoms with Gasteiger partial charge in [-0.2, -0.15) is 0 Å². The van der Waals surface area contributed by atoms with Crippen molar-refractivity contribution in [3.05, 3.63) is 23.9 Å². The van der Waals surface area contributed by atoms with Crippen LogP contribution in [0.5, 0.6) is 0 Å². The molecule has 5 fully saturated rings. The van der Waals surface area contributed by atoms with Gasteiger partial charge in [-0.25, -0.2) is 4.98 Å². The Hall–Kier alpha value is -1.62. The van der Waals surface area contributed by atoms with Crippen LogP contribution in [0.2, 0.25) is 0 Å². The number of anilines is 1. The molecule has 4 atom stereocenters. The fourth-order valence-corrected chi connectivity index (χ4v) is 7.57. The molecule has 4 aliphatic carbocycles. The van der Waals surface area contributed by atoms with Gasteiger partial charge in [-0.05, 0) is 66.9 Å². The lowest BCUT2D eigenvalue weighted by Crippen LogP contribution is -2.59. The van der Waals surface area contributed by atoms with Crippen LogP contribution in [0.3, 0.4) is 0 Å². The molecule has 2 heterocycles. The summed E-state index contributed by atoms with van der Waals surface area (Å²) in [6, 6.07) is 4.17. The van der Waals surface area contributed by atoms with Gasteiger partial charge >= 0.3 is 0 Å². The van der Waals surface area contributed by atoms with E-state index in [0.717, 1.165) is 62.9 Å². The topological polar surface area (TPSA) is 54.5 Å². The third kappa shape index (κ3) is 3.22. The fraction of sp³-hybridized carbons (Fsp3) is 0.739. The summed E-state index contributed by atoms with van der Waals surface area (Å²) >= 11 is 0. The van der Waals surface area contributed by atoms with Crippen LogP contribution in [-0.2, 0) is 16.1 Å². The normalized spacial score (nSPS) is 39.2. The van der Waals surface area contributed by atoms with Gasteiger partial charge in [0.2, 0.25) is 5.91 Å².